The van der Waals surface area contributed by atoms with Crippen molar-refractivity contribution in [2.45, 2.75) is 26.0 Å². The molecule has 0 radical (unpaired) electrons. The molecule has 1 aliphatic rings. The average Bonchev–Trinajstić information content (AvgIpc) is 2.53. The molecular formula is C10H16N2OS. The zero-order valence-electron chi connectivity index (χ0n) is 8.60. The van der Waals surface area contributed by atoms with E-state index in [4.69, 9.17) is 0 Å². The van der Waals surface area contributed by atoms with E-state index in [0.29, 0.717) is 5.92 Å². The van der Waals surface area contributed by atoms with E-state index >= 15 is 0 Å². The molecule has 1 N–H and O–H groups in total. The molecule has 78 valence electrons. The van der Waals surface area contributed by atoms with E-state index in [-0.39, 0.29) is 0 Å². The van der Waals surface area contributed by atoms with E-state index < -0.39 is 5.60 Å². The second kappa shape index (κ2) is 3.61. The number of aliphatic hydroxyl groups is 1. The highest BCUT2D eigenvalue weighted by atomic mass is 32.1. The van der Waals surface area contributed by atoms with Crippen molar-refractivity contribution in [1.29, 1.82) is 0 Å². The Labute approximate surface area is 88.4 Å². The standard InChI is InChI=1S/C10H16N2OS/c1-8(2)10(13)6-12(7-10)5-9-11-3-4-14-9/h3-4,8,13H,5-7H2,1-2H3. The Kier molecular flexibility index (Phi) is 2.60. The molecule has 2 rings (SSSR count). The second-order valence-electron chi connectivity index (χ2n) is 4.33. The number of rotatable bonds is 3. The van der Waals surface area contributed by atoms with E-state index in [1.807, 2.05) is 11.6 Å². The van der Waals surface area contributed by atoms with Crippen molar-refractivity contribution in [1.82, 2.24) is 9.88 Å². The third kappa shape index (κ3) is 1.82. The average molecular weight is 212 g/mol. The van der Waals surface area contributed by atoms with Crippen LogP contribution >= 0.6 is 11.3 Å². The molecule has 0 unspecified atom stereocenters. The minimum absolute atomic E-state index is 0.343. The van der Waals surface area contributed by atoms with Gasteiger partial charge >= 0.3 is 0 Å². The fourth-order valence-corrected chi connectivity index (χ4v) is 2.39. The SMILES string of the molecule is CC(C)C1(O)CN(Cc2nccs2)C1. The second-order valence-corrected chi connectivity index (χ2v) is 5.31. The van der Waals surface area contributed by atoms with Crippen LogP contribution in [0.5, 0.6) is 0 Å². The fraction of sp³-hybridized carbons (Fsp3) is 0.700. The van der Waals surface area contributed by atoms with Gasteiger partial charge in [-0.05, 0) is 5.92 Å². The van der Waals surface area contributed by atoms with Crippen molar-refractivity contribution in [3.63, 3.8) is 0 Å². The Morgan fingerprint density at radius 1 is 1.64 bits per heavy atom. The van der Waals surface area contributed by atoms with E-state index in [0.717, 1.165) is 24.6 Å². The Morgan fingerprint density at radius 2 is 2.36 bits per heavy atom. The number of β-amino-alcohol motifs (C(OH)–C–C–N with tert-alkyl or cyclic N) is 1. The first-order valence-corrected chi connectivity index (χ1v) is 5.81. The molecule has 0 spiro atoms. The maximum atomic E-state index is 10.0. The summed E-state index contributed by atoms with van der Waals surface area (Å²) in [6.07, 6.45) is 1.83. The molecule has 3 nitrogen and oxygen atoms in total. The summed E-state index contributed by atoms with van der Waals surface area (Å²) in [7, 11) is 0. The molecule has 0 saturated carbocycles. The summed E-state index contributed by atoms with van der Waals surface area (Å²) in [5.41, 5.74) is -0.461. The van der Waals surface area contributed by atoms with Crippen molar-refractivity contribution in [2.75, 3.05) is 13.1 Å². The van der Waals surface area contributed by atoms with Crippen LogP contribution in [0.4, 0.5) is 0 Å². The highest BCUT2D eigenvalue weighted by Gasteiger charge is 2.43. The number of nitrogens with zero attached hydrogens (tertiary/aromatic N) is 2. The van der Waals surface area contributed by atoms with Gasteiger partial charge in [0.15, 0.2) is 0 Å². The normalized spacial score (nSPS) is 21.1. The molecule has 1 fully saturated rings. The highest BCUT2D eigenvalue weighted by molar-refractivity contribution is 7.09. The lowest BCUT2D eigenvalue weighted by Crippen LogP contribution is -2.63. The van der Waals surface area contributed by atoms with Gasteiger partial charge in [-0.3, -0.25) is 4.90 Å². The molecule has 1 saturated heterocycles. The van der Waals surface area contributed by atoms with Crippen molar-refractivity contribution in [3.8, 4) is 0 Å². The predicted molar refractivity (Wildman–Crippen MR) is 57.2 cm³/mol. The van der Waals surface area contributed by atoms with Crippen LogP contribution in [0.25, 0.3) is 0 Å². The van der Waals surface area contributed by atoms with Gasteiger partial charge in [0.2, 0.25) is 0 Å². The van der Waals surface area contributed by atoms with Crippen molar-refractivity contribution in [3.05, 3.63) is 16.6 Å². The lowest BCUT2D eigenvalue weighted by molar-refractivity contribution is -0.130. The number of hydrogen-bond donors (Lipinski definition) is 1. The maximum Gasteiger partial charge on any atom is 0.107 e. The molecule has 1 aromatic rings. The summed E-state index contributed by atoms with van der Waals surface area (Å²) in [6.45, 7) is 6.59. The van der Waals surface area contributed by atoms with E-state index in [9.17, 15) is 5.11 Å². The van der Waals surface area contributed by atoms with Gasteiger partial charge in [0, 0.05) is 24.7 Å². The largest absolute Gasteiger partial charge is 0.387 e. The molecule has 2 heterocycles. The van der Waals surface area contributed by atoms with Crippen LogP contribution in [0.3, 0.4) is 0 Å². The summed E-state index contributed by atoms with van der Waals surface area (Å²) in [5.74, 6) is 0.343. The lowest BCUT2D eigenvalue weighted by Gasteiger charge is -2.48. The molecule has 1 aromatic heterocycles. The van der Waals surface area contributed by atoms with Crippen LogP contribution in [-0.4, -0.2) is 33.7 Å². The summed E-state index contributed by atoms with van der Waals surface area (Å²) < 4.78 is 0. The first kappa shape index (κ1) is 10.1. The summed E-state index contributed by atoms with van der Waals surface area (Å²) in [5, 5.41) is 13.2. The monoisotopic (exact) mass is 212 g/mol. The van der Waals surface area contributed by atoms with Crippen molar-refractivity contribution < 1.29 is 5.11 Å². The van der Waals surface area contributed by atoms with Crippen LogP contribution in [0, 0.1) is 5.92 Å². The number of thiazole rings is 1. The first-order valence-electron chi connectivity index (χ1n) is 4.93. The zero-order valence-corrected chi connectivity index (χ0v) is 9.42. The quantitative estimate of drug-likeness (QED) is 0.821. The van der Waals surface area contributed by atoms with Gasteiger partial charge in [-0.2, -0.15) is 0 Å². The van der Waals surface area contributed by atoms with Gasteiger partial charge in [0.1, 0.15) is 5.01 Å². The van der Waals surface area contributed by atoms with Crippen LogP contribution in [0.15, 0.2) is 11.6 Å². The van der Waals surface area contributed by atoms with Gasteiger partial charge in [-0.1, -0.05) is 13.8 Å². The molecule has 4 heteroatoms. The van der Waals surface area contributed by atoms with Crippen LogP contribution in [-0.2, 0) is 6.54 Å². The molecule has 1 aliphatic heterocycles. The van der Waals surface area contributed by atoms with Crippen LogP contribution < -0.4 is 0 Å². The van der Waals surface area contributed by atoms with Crippen LogP contribution in [0.1, 0.15) is 18.9 Å². The molecule has 14 heavy (non-hydrogen) atoms. The number of hydrogen-bond acceptors (Lipinski definition) is 4. The molecular weight excluding hydrogens is 196 g/mol. The number of aromatic nitrogens is 1. The van der Waals surface area contributed by atoms with E-state index in [1.165, 1.54) is 0 Å². The minimum Gasteiger partial charge on any atom is -0.387 e. The molecule has 0 aromatic carbocycles. The van der Waals surface area contributed by atoms with E-state index in [2.05, 4.69) is 23.7 Å². The van der Waals surface area contributed by atoms with Crippen LogP contribution in [0.2, 0.25) is 0 Å². The molecule has 0 aliphatic carbocycles. The molecule has 0 bridgehead atoms. The van der Waals surface area contributed by atoms with Gasteiger partial charge in [0.25, 0.3) is 0 Å². The summed E-state index contributed by atoms with van der Waals surface area (Å²) >= 11 is 1.67. The van der Waals surface area contributed by atoms with E-state index in [1.54, 1.807) is 11.3 Å². The Hall–Kier alpha value is -0.450. The van der Waals surface area contributed by atoms with Gasteiger partial charge < -0.3 is 5.11 Å². The topological polar surface area (TPSA) is 36.4 Å². The van der Waals surface area contributed by atoms with Gasteiger partial charge in [-0.15, -0.1) is 11.3 Å². The smallest absolute Gasteiger partial charge is 0.107 e. The first-order chi connectivity index (χ1) is 6.60. The third-order valence-electron chi connectivity index (χ3n) is 2.91. The third-order valence-corrected chi connectivity index (χ3v) is 3.68. The predicted octanol–water partition coefficient (Wildman–Crippen LogP) is 1.35. The Morgan fingerprint density at radius 3 is 2.86 bits per heavy atom. The molecule has 0 atom stereocenters. The number of likely N-dealkylation sites (tertiary alicyclic amines) is 1. The molecule has 0 amide bonds. The Bertz CT molecular complexity index is 291. The minimum atomic E-state index is -0.461. The van der Waals surface area contributed by atoms with Crippen molar-refractivity contribution >= 4 is 11.3 Å². The summed E-state index contributed by atoms with van der Waals surface area (Å²) in [6, 6.07) is 0. The lowest BCUT2D eigenvalue weighted by atomic mass is 9.83. The summed E-state index contributed by atoms with van der Waals surface area (Å²) in [4.78, 5) is 6.46. The zero-order chi connectivity index (χ0) is 10.2. The fourth-order valence-electron chi connectivity index (χ4n) is 1.73. The van der Waals surface area contributed by atoms with Crippen molar-refractivity contribution in [2.24, 2.45) is 5.92 Å². The maximum absolute atomic E-state index is 10.0. The van der Waals surface area contributed by atoms with Gasteiger partial charge in [-0.25, -0.2) is 4.98 Å². The van der Waals surface area contributed by atoms with Gasteiger partial charge in [0.05, 0.1) is 12.1 Å². The Balaban J connectivity index is 1.84. The highest BCUT2D eigenvalue weighted by Crippen LogP contribution is 2.29.